The summed E-state index contributed by atoms with van der Waals surface area (Å²) >= 11 is 7.06. The van der Waals surface area contributed by atoms with Crippen molar-refractivity contribution in [2.24, 2.45) is 4.99 Å². The first-order valence-corrected chi connectivity index (χ1v) is 12.4. The molecule has 9 nitrogen and oxygen atoms in total. The molecule has 3 aromatic rings. The smallest absolute Gasteiger partial charge is 0.414 e. The fourth-order valence-electron chi connectivity index (χ4n) is 3.85. The molecule has 1 atom stereocenters. The molecule has 2 aromatic carbocycles. The molecule has 0 bridgehead atoms. The van der Waals surface area contributed by atoms with E-state index in [-0.39, 0.29) is 24.4 Å². The molecule has 1 N–H and O–H groups in total. The number of carbonyl (C=O) groups excluding carboxylic acids is 3. The highest BCUT2D eigenvalue weighted by molar-refractivity contribution is 7.18. The van der Waals surface area contributed by atoms with Crippen molar-refractivity contribution in [1.29, 1.82) is 0 Å². The van der Waals surface area contributed by atoms with Crippen molar-refractivity contribution in [2.75, 3.05) is 36.0 Å². The van der Waals surface area contributed by atoms with E-state index >= 15 is 0 Å². The van der Waals surface area contributed by atoms with E-state index in [0.29, 0.717) is 40.2 Å². The van der Waals surface area contributed by atoms with Gasteiger partial charge in [-0.2, -0.15) is 4.99 Å². The van der Waals surface area contributed by atoms with Gasteiger partial charge in [-0.25, -0.2) is 4.79 Å². The van der Waals surface area contributed by atoms with Gasteiger partial charge in [0.1, 0.15) is 12.7 Å². The van der Waals surface area contributed by atoms with Gasteiger partial charge in [0, 0.05) is 16.9 Å². The van der Waals surface area contributed by atoms with E-state index in [1.54, 1.807) is 48.5 Å². The number of amides is 3. The number of rotatable bonds is 6. The van der Waals surface area contributed by atoms with Gasteiger partial charge in [-0.15, -0.1) is 11.3 Å². The summed E-state index contributed by atoms with van der Waals surface area (Å²) < 4.78 is 11.5. The number of ether oxygens (including phenoxy) is 2. The summed E-state index contributed by atoms with van der Waals surface area (Å²) in [4.78, 5) is 45.1. The molecule has 0 saturated carbocycles. The molecule has 3 amide bonds. The Morgan fingerprint density at radius 2 is 1.75 bits per heavy atom. The lowest BCUT2D eigenvalue weighted by molar-refractivity contribution is 0.0919. The Balaban J connectivity index is 1.21. The Morgan fingerprint density at radius 1 is 1.03 bits per heavy atom. The Morgan fingerprint density at radius 3 is 2.44 bits per heavy atom. The number of thiophene rings is 1. The van der Waals surface area contributed by atoms with Crippen LogP contribution in [0.1, 0.15) is 20.0 Å². The predicted octanol–water partition coefficient (Wildman–Crippen LogP) is 4.19. The maximum atomic E-state index is 12.5. The number of carbonyl (C=O) groups is 3. The third-order valence-electron chi connectivity index (χ3n) is 5.63. The molecule has 0 spiro atoms. The number of hydrogen-bond acceptors (Lipinski definition) is 6. The molecule has 2 fully saturated rings. The number of anilines is 2. The van der Waals surface area contributed by atoms with Crippen LogP contribution in [0.15, 0.2) is 71.7 Å². The van der Waals surface area contributed by atoms with Gasteiger partial charge in [-0.05, 0) is 48.5 Å². The lowest BCUT2D eigenvalue weighted by Crippen LogP contribution is -2.34. The van der Waals surface area contributed by atoms with Crippen molar-refractivity contribution in [3.63, 3.8) is 0 Å². The lowest BCUT2D eigenvalue weighted by Gasteiger charge is -2.18. The Hall–Kier alpha value is -3.89. The van der Waals surface area contributed by atoms with E-state index in [0.717, 1.165) is 5.69 Å². The third kappa shape index (κ3) is 5.19. The van der Waals surface area contributed by atoms with Gasteiger partial charge in [0.2, 0.25) is 0 Å². The van der Waals surface area contributed by atoms with Gasteiger partial charge < -0.3 is 14.8 Å². The summed E-state index contributed by atoms with van der Waals surface area (Å²) in [6, 6.07) is 19.6. The number of amidine groups is 1. The predicted molar refractivity (Wildman–Crippen MR) is 137 cm³/mol. The van der Waals surface area contributed by atoms with E-state index in [9.17, 15) is 14.4 Å². The second-order valence-corrected chi connectivity index (χ2v) is 9.73. The Labute approximate surface area is 215 Å². The van der Waals surface area contributed by atoms with Crippen molar-refractivity contribution >= 4 is 58.2 Å². The second kappa shape index (κ2) is 10.4. The highest BCUT2D eigenvalue weighted by Gasteiger charge is 2.33. The van der Waals surface area contributed by atoms with Crippen LogP contribution >= 0.6 is 22.9 Å². The molecular formula is C25H21ClN4O5S. The molecule has 1 aromatic heterocycles. The van der Waals surface area contributed by atoms with Crippen molar-refractivity contribution in [3.05, 3.63) is 81.5 Å². The number of hydrogen-bond donors (Lipinski definition) is 1. The van der Waals surface area contributed by atoms with E-state index < -0.39 is 12.2 Å². The maximum Gasteiger partial charge on any atom is 0.414 e. The number of nitrogens with zero attached hydrogens (tertiary/aromatic N) is 3. The van der Waals surface area contributed by atoms with Crippen LogP contribution in [0, 0.1) is 0 Å². The number of aliphatic imine (C=N–C) groups is 1. The van der Waals surface area contributed by atoms with Crippen LogP contribution in [-0.4, -0.2) is 56.3 Å². The molecule has 2 aliphatic rings. The topological polar surface area (TPSA) is 101 Å². The summed E-state index contributed by atoms with van der Waals surface area (Å²) in [6.45, 7) is 1.44. The van der Waals surface area contributed by atoms with Gasteiger partial charge in [-0.3, -0.25) is 19.4 Å². The van der Waals surface area contributed by atoms with Crippen LogP contribution in [-0.2, 0) is 9.47 Å². The molecule has 0 unspecified atom stereocenters. The highest BCUT2D eigenvalue weighted by Crippen LogP contribution is 2.27. The molecule has 11 heteroatoms. The fourth-order valence-corrected chi connectivity index (χ4v) is 4.81. The molecule has 5 rings (SSSR count). The molecule has 0 aliphatic carbocycles. The highest BCUT2D eigenvalue weighted by atomic mass is 35.5. The zero-order chi connectivity index (χ0) is 25.1. The molecule has 184 valence electrons. The third-order valence-corrected chi connectivity index (χ3v) is 6.86. The maximum absolute atomic E-state index is 12.5. The zero-order valence-electron chi connectivity index (χ0n) is 18.9. The number of cyclic esters (lactones) is 1. The number of nitrogens with one attached hydrogen (secondary N) is 1. The minimum Gasteiger partial charge on any atom is -0.463 e. The molecular weight excluding hydrogens is 504 g/mol. The Bertz CT molecular complexity index is 1310. The van der Waals surface area contributed by atoms with E-state index in [1.165, 1.54) is 16.2 Å². The van der Waals surface area contributed by atoms with Crippen LogP contribution in [0.2, 0.25) is 4.34 Å². The van der Waals surface area contributed by atoms with Gasteiger partial charge in [-0.1, -0.05) is 29.8 Å². The van der Waals surface area contributed by atoms with Crippen LogP contribution in [0.5, 0.6) is 0 Å². The molecule has 2 aliphatic heterocycles. The molecule has 3 heterocycles. The SMILES string of the molecule is O=C(/N=C1/OCCN1c1ccc(N2C[C@H](CNC(=O)c3ccc(Cl)s3)OC2=O)cc1)c1ccccc1. The average Bonchev–Trinajstić information content (AvgIpc) is 3.63. The van der Waals surface area contributed by atoms with Crippen molar-refractivity contribution < 1.29 is 23.9 Å². The first-order valence-electron chi connectivity index (χ1n) is 11.2. The van der Waals surface area contributed by atoms with Gasteiger partial charge in [0.05, 0.1) is 28.8 Å². The minimum atomic E-state index is -0.485. The average molecular weight is 525 g/mol. The zero-order valence-corrected chi connectivity index (χ0v) is 20.5. The first-order chi connectivity index (χ1) is 17.5. The van der Waals surface area contributed by atoms with E-state index in [1.807, 2.05) is 23.1 Å². The Kier molecular flexibility index (Phi) is 6.88. The lowest BCUT2D eigenvalue weighted by atomic mass is 10.2. The summed E-state index contributed by atoms with van der Waals surface area (Å²) in [7, 11) is 0. The van der Waals surface area contributed by atoms with Crippen LogP contribution in [0.25, 0.3) is 0 Å². The van der Waals surface area contributed by atoms with Gasteiger partial charge in [0.15, 0.2) is 0 Å². The van der Waals surface area contributed by atoms with Crippen molar-refractivity contribution in [1.82, 2.24) is 5.32 Å². The van der Waals surface area contributed by atoms with Crippen molar-refractivity contribution in [3.8, 4) is 0 Å². The van der Waals surface area contributed by atoms with E-state index in [2.05, 4.69) is 10.3 Å². The van der Waals surface area contributed by atoms with Gasteiger partial charge >= 0.3 is 6.09 Å². The molecule has 2 saturated heterocycles. The summed E-state index contributed by atoms with van der Waals surface area (Å²) in [5.74, 6) is -0.643. The number of halogens is 1. The minimum absolute atomic E-state index is 0.190. The summed E-state index contributed by atoms with van der Waals surface area (Å²) in [5.41, 5.74) is 1.91. The van der Waals surface area contributed by atoms with Crippen molar-refractivity contribution in [2.45, 2.75) is 6.10 Å². The number of benzene rings is 2. The summed E-state index contributed by atoms with van der Waals surface area (Å²) in [5, 5.41) is 2.77. The molecule has 36 heavy (non-hydrogen) atoms. The monoisotopic (exact) mass is 524 g/mol. The normalized spacial score (nSPS) is 18.3. The largest absolute Gasteiger partial charge is 0.463 e. The first kappa shape index (κ1) is 23.8. The fraction of sp³-hybridized carbons (Fsp3) is 0.200. The standard InChI is InChI=1S/C25H21ClN4O5S/c26-21-11-10-20(36-21)23(32)27-14-19-15-30(25(33)35-19)18-8-6-17(7-9-18)29-12-13-34-24(29)28-22(31)16-4-2-1-3-5-16/h1-11,19H,12-15H2,(H,27,32)/b28-24+/t19-/m0/s1. The molecule has 0 radical (unpaired) electrons. The van der Waals surface area contributed by atoms with Crippen LogP contribution < -0.4 is 15.1 Å². The van der Waals surface area contributed by atoms with E-state index in [4.69, 9.17) is 21.1 Å². The van der Waals surface area contributed by atoms with Crippen LogP contribution in [0.4, 0.5) is 16.2 Å². The summed E-state index contributed by atoms with van der Waals surface area (Å²) in [6.07, 6.45) is -0.965. The van der Waals surface area contributed by atoms with Gasteiger partial charge in [0.25, 0.3) is 17.8 Å². The van der Waals surface area contributed by atoms with Crippen LogP contribution in [0.3, 0.4) is 0 Å². The quantitative estimate of drug-likeness (QED) is 0.519. The second-order valence-electron chi connectivity index (χ2n) is 8.01.